The van der Waals surface area contributed by atoms with Gasteiger partial charge in [0.1, 0.15) is 5.60 Å². The van der Waals surface area contributed by atoms with Crippen LogP contribution in [0.15, 0.2) is 0 Å². The van der Waals surface area contributed by atoms with Crippen LogP contribution in [0, 0.1) is 0 Å². The Balaban J connectivity index is 2.05. The molecule has 18 heavy (non-hydrogen) atoms. The number of carbonyl (C=O) groups is 1. The van der Waals surface area contributed by atoms with Gasteiger partial charge in [0, 0.05) is 0 Å². The lowest BCUT2D eigenvalue weighted by Gasteiger charge is -2.35. The largest absolute Gasteiger partial charge is 0.456 e. The van der Waals surface area contributed by atoms with Crippen LogP contribution in [0.5, 0.6) is 0 Å². The SMILES string of the molecule is CC1(OC(=O)C2(O[C]=O)CCCCC2)CCCC1. The highest BCUT2D eigenvalue weighted by molar-refractivity contribution is 5.81. The van der Waals surface area contributed by atoms with Crippen molar-refractivity contribution in [2.45, 2.75) is 75.9 Å². The number of ether oxygens (including phenoxy) is 2. The first-order valence-electron chi connectivity index (χ1n) is 6.89. The minimum absolute atomic E-state index is 0.366. The van der Waals surface area contributed by atoms with Gasteiger partial charge in [-0.25, -0.2) is 9.59 Å². The quantitative estimate of drug-likeness (QED) is 0.723. The van der Waals surface area contributed by atoms with Crippen molar-refractivity contribution in [1.82, 2.24) is 0 Å². The van der Waals surface area contributed by atoms with E-state index in [1.807, 2.05) is 6.92 Å². The van der Waals surface area contributed by atoms with E-state index in [0.29, 0.717) is 12.8 Å². The third kappa shape index (κ3) is 2.68. The van der Waals surface area contributed by atoms with Crippen LogP contribution in [0.4, 0.5) is 0 Å². The van der Waals surface area contributed by atoms with Crippen LogP contribution in [0.3, 0.4) is 0 Å². The van der Waals surface area contributed by atoms with Crippen molar-refractivity contribution in [3.05, 3.63) is 0 Å². The van der Waals surface area contributed by atoms with Crippen LogP contribution in [-0.4, -0.2) is 23.6 Å². The minimum Gasteiger partial charge on any atom is -0.456 e. The summed E-state index contributed by atoms with van der Waals surface area (Å²) in [5.41, 5.74) is -1.43. The summed E-state index contributed by atoms with van der Waals surface area (Å²) in [6.45, 7) is 3.42. The molecule has 2 aliphatic rings. The molecule has 0 unspecified atom stereocenters. The molecule has 1 radical (unpaired) electrons. The van der Waals surface area contributed by atoms with Gasteiger partial charge in [-0.05, 0) is 58.3 Å². The maximum Gasteiger partial charge on any atom is 0.418 e. The van der Waals surface area contributed by atoms with E-state index in [4.69, 9.17) is 9.47 Å². The van der Waals surface area contributed by atoms with Gasteiger partial charge in [-0.1, -0.05) is 6.42 Å². The van der Waals surface area contributed by atoms with E-state index < -0.39 is 5.60 Å². The average Bonchev–Trinajstić information content (AvgIpc) is 2.77. The molecule has 2 fully saturated rings. The van der Waals surface area contributed by atoms with E-state index in [0.717, 1.165) is 44.9 Å². The smallest absolute Gasteiger partial charge is 0.418 e. The summed E-state index contributed by atoms with van der Waals surface area (Å²) in [5.74, 6) is -0.366. The van der Waals surface area contributed by atoms with Gasteiger partial charge in [0.2, 0.25) is 5.60 Å². The van der Waals surface area contributed by atoms with Gasteiger partial charge in [0.15, 0.2) is 0 Å². The fourth-order valence-corrected chi connectivity index (χ4v) is 3.09. The van der Waals surface area contributed by atoms with E-state index >= 15 is 0 Å². The predicted molar refractivity (Wildman–Crippen MR) is 65.6 cm³/mol. The van der Waals surface area contributed by atoms with Gasteiger partial charge in [0.25, 0.3) is 0 Å². The minimum atomic E-state index is -1.06. The van der Waals surface area contributed by atoms with Crippen LogP contribution < -0.4 is 0 Å². The monoisotopic (exact) mass is 253 g/mol. The molecule has 0 N–H and O–H groups in total. The maximum absolute atomic E-state index is 12.3. The summed E-state index contributed by atoms with van der Waals surface area (Å²) in [6.07, 6.45) is 8.00. The second kappa shape index (κ2) is 5.29. The molecule has 4 heteroatoms. The first kappa shape index (κ1) is 13.4. The zero-order valence-electron chi connectivity index (χ0n) is 11.0. The molecule has 2 aliphatic carbocycles. The highest BCUT2D eigenvalue weighted by atomic mass is 16.6. The van der Waals surface area contributed by atoms with Crippen LogP contribution in [0.25, 0.3) is 0 Å². The van der Waals surface area contributed by atoms with Gasteiger partial charge < -0.3 is 9.47 Å². The lowest BCUT2D eigenvalue weighted by Crippen LogP contribution is -2.47. The second-order valence-electron chi connectivity index (χ2n) is 5.79. The lowest BCUT2D eigenvalue weighted by molar-refractivity contribution is -0.181. The summed E-state index contributed by atoms with van der Waals surface area (Å²) in [4.78, 5) is 22.9. The Bertz CT molecular complexity index is 312. The summed E-state index contributed by atoms with van der Waals surface area (Å²) < 4.78 is 10.7. The van der Waals surface area contributed by atoms with Crippen molar-refractivity contribution < 1.29 is 19.1 Å². The molecule has 4 nitrogen and oxygen atoms in total. The zero-order valence-corrected chi connectivity index (χ0v) is 11.0. The lowest BCUT2D eigenvalue weighted by atomic mass is 9.84. The van der Waals surface area contributed by atoms with Gasteiger partial charge in [-0.2, -0.15) is 0 Å². The number of hydrogen-bond donors (Lipinski definition) is 0. The van der Waals surface area contributed by atoms with Crippen molar-refractivity contribution in [2.75, 3.05) is 0 Å². The Labute approximate surface area is 108 Å². The Morgan fingerprint density at radius 2 is 1.56 bits per heavy atom. The van der Waals surface area contributed by atoms with Crippen LogP contribution in [-0.2, 0) is 19.1 Å². The second-order valence-corrected chi connectivity index (χ2v) is 5.79. The normalized spacial score (nSPS) is 25.4. The molecule has 0 spiro atoms. The van der Waals surface area contributed by atoms with Gasteiger partial charge in [-0.3, -0.25) is 0 Å². The molecule has 2 saturated carbocycles. The fraction of sp³-hybridized carbons (Fsp3) is 0.857. The van der Waals surface area contributed by atoms with Crippen LogP contribution >= 0.6 is 0 Å². The van der Waals surface area contributed by atoms with E-state index in [2.05, 4.69) is 0 Å². The third-order valence-electron chi connectivity index (χ3n) is 4.27. The third-order valence-corrected chi connectivity index (χ3v) is 4.27. The van der Waals surface area contributed by atoms with Crippen molar-refractivity contribution in [2.24, 2.45) is 0 Å². The van der Waals surface area contributed by atoms with Crippen LogP contribution in [0.1, 0.15) is 64.7 Å². The van der Waals surface area contributed by atoms with E-state index in [1.54, 1.807) is 0 Å². The molecule has 2 rings (SSSR count). The first-order chi connectivity index (χ1) is 8.60. The topological polar surface area (TPSA) is 52.6 Å². The summed E-state index contributed by atoms with van der Waals surface area (Å²) in [6, 6.07) is 0. The van der Waals surface area contributed by atoms with Crippen molar-refractivity contribution in [3.63, 3.8) is 0 Å². The number of rotatable bonds is 4. The molecule has 0 heterocycles. The van der Waals surface area contributed by atoms with E-state index in [1.165, 1.54) is 6.47 Å². The number of carbonyl (C=O) groups excluding carboxylic acids is 2. The first-order valence-corrected chi connectivity index (χ1v) is 6.89. The summed E-state index contributed by atoms with van der Waals surface area (Å²) >= 11 is 0. The molecule has 0 amide bonds. The van der Waals surface area contributed by atoms with Gasteiger partial charge in [-0.15, -0.1) is 0 Å². The van der Waals surface area contributed by atoms with Gasteiger partial charge in [0.05, 0.1) is 0 Å². The van der Waals surface area contributed by atoms with Crippen molar-refractivity contribution >= 4 is 12.4 Å². The molecule has 0 aromatic heterocycles. The molecule has 0 aromatic carbocycles. The Kier molecular flexibility index (Phi) is 3.93. The Hall–Kier alpha value is -1.06. The van der Waals surface area contributed by atoms with Crippen molar-refractivity contribution in [1.29, 1.82) is 0 Å². The summed E-state index contributed by atoms with van der Waals surface area (Å²) in [5, 5.41) is 0. The molecule has 0 bridgehead atoms. The molecule has 0 aromatic rings. The molecule has 0 atom stereocenters. The fourth-order valence-electron chi connectivity index (χ4n) is 3.09. The molecule has 101 valence electrons. The zero-order chi connectivity index (χ0) is 13.1. The number of hydrogen-bond acceptors (Lipinski definition) is 4. The highest BCUT2D eigenvalue weighted by Crippen LogP contribution is 2.38. The Morgan fingerprint density at radius 1 is 1.00 bits per heavy atom. The average molecular weight is 253 g/mol. The molecule has 0 aliphatic heterocycles. The summed E-state index contributed by atoms with van der Waals surface area (Å²) in [7, 11) is 0. The Morgan fingerprint density at radius 3 is 2.11 bits per heavy atom. The highest BCUT2D eigenvalue weighted by Gasteiger charge is 2.46. The van der Waals surface area contributed by atoms with Gasteiger partial charge >= 0.3 is 12.4 Å². The maximum atomic E-state index is 12.3. The molecular weight excluding hydrogens is 232 g/mol. The number of esters is 1. The standard InChI is InChI=1S/C14H21O4/c1-13(7-5-6-8-13)18-12(16)14(17-11-15)9-3-2-4-10-14/h2-10H2,1H3. The van der Waals surface area contributed by atoms with Crippen LogP contribution in [0.2, 0.25) is 0 Å². The predicted octanol–water partition coefficient (Wildman–Crippen LogP) is 2.65. The van der Waals surface area contributed by atoms with E-state index in [9.17, 15) is 9.59 Å². The molecular formula is C14H21O4. The molecule has 0 saturated heterocycles. The van der Waals surface area contributed by atoms with E-state index in [-0.39, 0.29) is 11.6 Å². The van der Waals surface area contributed by atoms with Crippen molar-refractivity contribution in [3.8, 4) is 0 Å².